The van der Waals surface area contributed by atoms with Crippen LogP contribution in [0.4, 0.5) is 5.82 Å². The molecule has 0 amide bonds. The van der Waals surface area contributed by atoms with E-state index in [2.05, 4.69) is 33.3 Å². The number of aromatic nitrogens is 3. The van der Waals surface area contributed by atoms with Gasteiger partial charge in [-0.05, 0) is 61.7 Å². The summed E-state index contributed by atoms with van der Waals surface area (Å²) in [5, 5.41) is 12.1. The summed E-state index contributed by atoms with van der Waals surface area (Å²) in [6.45, 7) is 6.36. The number of benzene rings is 1. The number of aryl methyl sites for hydroxylation is 2. The minimum atomic E-state index is -0.131. The maximum Gasteiger partial charge on any atom is 0.134 e. The molecule has 0 aliphatic heterocycles. The Morgan fingerprint density at radius 2 is 1.94 bits per heavy atom. The number of furan rings is 1. The van der Waals surface area contributed by atoms with Gasteiger partial charge in [-0.25, -0.2) is 9.97 Å². The molecule has 2 unspecified atom stereocenters. The summed E-state index contributed by atoms with van der Waals surface area (Å²) in [6.07, 6.45) is 6.71. The molecule has 0 aliphatic rings. The molecule has 31 heavy (non-hydrogen) atoms. The summed E-state index contributed by atoms with van der Waals surface area (Å²) < 4.78 is 5.56. The zero-order valence-electron chi connectivity index (χ0n) is 17.9. The van der Waals surface area contributed by atoms with Crippen LogP contribution in [-0.4, -0.2) is 27.7 Å². The first-order chi connectivity index (χ1) is 15.0. The van der Waals surface area contributed by atoms with Gasteiger partial charge < -0.3 is 20.9 Å². The zero-order valence-corrected chi connectivity index (χ0v) is 17.9. The van der Waals surface area contributed by atoms with E-state index in [0.29, 0.717) is 12.4 Å². The van der Waals surface area contributed by atoms with Crippen LogP contribution in [0.5, 0.6) is 0 Å². The summed E-state index contributed by atoms with van der Waals surface area (Å²) in [7, 11) is 0. The van der Waals surface area contributed by atoms with E-state index in [4.69, 9.17) is 15.6 Å². The van der Waals surface area contributed by atoms with E-state index in [9.17, 15) is 0 Å². The van der Waals surface area contributed by atoms with E-state index >= 15 is 0 Å². The summed E-state index contributed by atoms with van der Waals surface area (Å²) in [5.41, 5.74) is 11.5. The summed E-state index contributed by atoms with van der Waals surface area (Å²) >= 11 is 0. The van der Waals surface area contributed by atoms with Crippen molar-refractivity contribution in [1.82, 2.24) is 15.0 Å². The Hall–Kier alpha value is -3.58. The van der Waals surface area contributed by atoms with Gasteiger partial charge in [0.1, 0.15) is 17.2 Å². The van der Waals surface area contributed by atoms with Gasteiger partial charge in [0, 0.05) is 48.1 Å². The van der Waals surface area contributed by atoms with Crippen LogP contribution >= 0.6 is 0 Å². The third-order valence-electron chi connectivity index (χ3n) is 5.43. The highest BCUT2D eigenvalue weighted by Gasteiger charge is 2.13. The normalized spacial score (nSPS) is 13.2. The fraction of sp³-hybridized carbons (Fsp3) is 0.250. The number of rotatable bonds is 7. The first-order valence-corrected chi connectivity index (χ1v) is 10.2. The molecule has 3 heterocycles. The van der Waals surface area contributed by atoms with Gasteiger partial charge in [-0.2, -0.15) is 0 Å². The van der Waals surface area contributed by atoms with Gasteiger partial charge in [0.15, 0.2) is 0 Å². The molecule has 0 fully saturated rings. The third kappa shape index (κ3) is 4.32. The molecule has 0 spiro atoms. The van der Waals surface area contributed by atoms with Crippen molar-refractivity contribution < 1.29 is 4.42 Å². The van der Waals surface area contributed by atoms with E-state index in [-0.39, 0.29) is 12.0 Å². The monoisotopic (exact) mass is 414 g/mol. The molecule has 4 N–H and O–H groups in total. The second kappa shape index (κ2) is 8.65. The first-order valence-electron chi connectivity index (χ1n) is 10.2. The van der Waals surface area contributed by atoms with Gasteiger partial charge in [0.25, 0.3) is 0 Å². The summed E-state index contributed by atoms with van der Waals surface area (Å²) in [4.78, 5) is 13.5. The highest BCUT2D eigenvalue weighted by Crippen LogP contribution is 2.28. The lowest BCUT2D eigenvalue weighted by molar-refractivity contribution is 0.613. The number of hydrogen-bond donors (Lipinski definition) is 3. The Morgan fingerprint density at radius 1 is 1.13 bits per heavy atom. The average molecular weight is 415 g/mol. The SMILES string of the molecule is Cc1nc(NC(C)c2cncc(C(C=N)CN)c2)cc(-c2ccc3occ(C)c3c2)n1. The topological polar surface area (TPSA) is 114 Å². The predicted molar refractivity (Wildman–Crippen MR) is 124 cm³/mol. The van der Waals surface area contributed by atoms with E-state index in [1.54, 1.807) is 12.5 Å². The van der Waals surface area contributed by atoms with Crippen LogP contribution in [-0.2, 0) is 0 Å². The number of nitrogens with two attached hydrogens (primary N) is 1. The van der Waals surface area contributed by atoms with Gasteiger partial charge in [-0.3, -0.25) is 4.98 Å². The lowest BCUT2D eigenvalue weighted by Crippen LogP contribution is -2.15. The highest BCUT2D eigenvalue weighted by molar-refractivity contribution is 5.85. The molecule has 1 aromatic carbocycles. The molecule has 4 rings (SSSR count). The molecular formula is C24H26N6O. The zero-order chi connectivity index (χ0) is 22.0. The van der Waals surface area contributed by atoms with Crippen LogP contribution in [0.3, 0.4) is 0 Å². The number of anilines is 1. The van der Waals surface area contributed by atoms with Crippen molar-refractivity contribution in [3.05, 3.63) is 71.5 Å². The molecule has 4 aromatic rings. The average Bonchev–Trinajstić information content (AvgIpc) is 3.14. The van der Waals surface area contributed by atoms with Crippen LogP contribution < -0.4 is 11.1 Å². The Morgan fingerprint density at radius 3 is 2.71 bits per heavy atom. The maximum absolute atomic E-state index is 7.57. The molecule has 158 valence electrons. The first kappa shape index (κ1) is 20.7. The van der Waals surface area contributed by atoms with Crippen LogP contribution in [0.2, 0.25) is 0 Å². The predicted octanol–water partition coefficient (Wildman–Crippen LogP) is 4.77. The molecule has 3 aromatic heterocycles. The minimum Gasteiger partial charge on any atom is -0.464 e. The second-order valence-corrected chi connectivity index (χ2v) is 7.74. The van der Waals surface area contributed by atoms with Crippen molar-refractivity contribution in [3.8, 4) is 11.3 Å². The van der Waals surface area contributed by atoms with Crippen molar-refractivity contribution >= 4 is 23.0 Å². The van der Waals surface area contributed by atoms with E-state index in [1.807, 2.05) is 44.3 Å². The molecular weight excluding hydrogens is 388 g/mol. The molecule has 7 heteroatoms. The largest absolute Gasteiger partial charge is 0.464 e. The molecule has 2 atom stereocenters. The summed E-state index contributed by atoms with van der Waals surface area (Å²) in [5.74, 6) is 1.30. The second-order valence-electron chi connectivity index (χ2n) is 7.74. The van der Waals surface area contributed by atoms with Crippen molar-refractivity contribution in [2.45, 2.75) is 32.7 Å². The van der Waals surface area contributed by atoms with Gasteiger partial charge in [-0.1, -0.05) is 0 Å². The smallest absolute Gasteiger partial charge is 0.134 e. The fourth-order valence-electron chi connectivity index (χ4n) is 3.63. The van der Waals surface area contributed by atoms with Crippen molar-refractivity contribution in [3.63, 3.8) is 0 Å². The lowest BCUT2D eigenvalue weighted by Gasteiger charge is -2.17. The van der Waals surface area contributed by atoms with Crippen LogP contribution in [0.1, 0.15) is 41.4 Å². The van der Waals surface area contributed by atoms with Crippen LogP contribution in [0, 0.1) is 19.3 Å². The molecule has 0 bridgehead atoms. The van der Waals surface area contributed by atoms with E-state index in [0.717, 1.165) is 44.7 Å². The van der Waals surface area contributed by atoms with Crippen molar-refractivity contribution in [2.75, 3.05) is 11.9 Å². The Balaban J connectivity index is 1.62. The Bertz CT molecular complexity index is 1230. The fourth-order valence-corrected chi connectivity index (χ4v) is 3.63. The number of pyridine rings is 1. The number of hydrogen-bond acceptors (Lipinski definition) is 7. The van der Waals surface area contributed by atoms with Gasteiger partial charge >= 0.3 is 0 Å². The maximum atomic E-state index is 7.57. The van der Waals surface area contributed by atoms with E-state index in [1.165, 1.54) is 6.21 Å². The number of nitrogens with zero attached hydrogens (tertiary/aromatic N) is 3. The Labute approximate surface area is 181 Å². The third-order valence-corrected chi connectivity index (χ3v) is 5.43. The summed E-state index contributed by atoms with van der Waals surface area (Å²) in [6, 6.07) is 10.0. The van der Waals surface area contributed by atoms with Gasteiger partial charge in [0.05, 0.1) is 18.0 Å². The minimum absolute atomic E-state index is 0.0302. The van der Waals surface area contributed by atoms with Crippen LogP contribution in [0.15, 0.2) is 53.4 Å². The lowest BCUT2D eigenvalue weighted by atomic mass is 9.99. The Kier molecular flexibility index (Phi) is 5.77. The molecule has 0 aliphatic carbocycles. The van der Waals surface area contributed by atoms with Crippen molar-refractivity contribution in [2.24, 2.45) is 5.73 Å². The van der Waals surface area contributed by atoms with Crippen molar-refractivity contribution in [1.29, 1.82) is 5.41 Å². The van der Waals surface area contributed by atoms with Gasteiger partial charge in [0.2, 0.25) is 0 Å². The van der Waals surface area contributed by atoms with Crippen LogP contribution in [0.25, 0.3) is 22.2 Å². The molecule has 7 nitrogen and oxygen atoms in total. The molecule has 0 radical (unpaired) electrons. The quantitative estimate of drug-likeness (QED) is 0.376. The highest BCUT2D eigenvalue weighted by atomic mass is 16.3. The number of fused-ring (bicyclic) bond motifs is 1. The number of nitrogens with one attached hydrogen (secondary N) is 2. The van der Waals surface area contributed by atoms with Gasteiger partial charge in [-0.15, -0.1) is 0 Å². The van der Waals surface area contributed by atoms with E-state index < -0.39 is 0 Å². The molecule has 0 saturated carbocycles. The molecule has 0 saturated heterocycles. The standard InChI is InChI=1S/C24H26N6O/c1-14-13-31-23-5-4-17(7-21(14)23)22-8-24(30-16(3)29-22)28-15(2)18-6-19(12-27-11-18)20(9-25)10-26/h4-9,11-13,15,20,25H,10,26H2,1-3H3,(H,28,29,30).